The molecular weight excluding hydrogens is 1280 g/mol. The highest BCUT2D eigenvalue weighted by molar-refractivity contribution is 7.47. The van der Waals surface area contributed by atoms with Gasteiger partial charge in [0.25, 0.3) is 0 Å². The van der Waals surface area contributed by atoms with Crippen LogP contribution < -0.4 is 0 Å². The van der Waals surface area contributed by atoms with Gasteiger partial charge in [0, 0.05) is 25.7 Å². The number of hydrogen-bond donors (Lipinski definition) is 3. The summed E-state index contributed by atoms with van der Waals surface area (Å²) in [6.07, 6.45) is 70.5. The molecule has 0 bridgehead atoms. The lowest BCUT2D eigenvalue weighted by molar-refractivity contribution is -0.161. The molecule has 0 saturated heterocycles. The van der Waals surface area contributed by atoms with Gasteiger partial charge in [0.1, 0.15) is 19.3 Å². The molecular formula is C79H144O17P2. The quantitative estimate of drug-likeness (QED) is 0.0169. The Morgan fingerprint density at radius 2 is 0.531 bits per heavy atom. The normalized spacial score (nSPS) is 14.2. The lowest BCUT2D eigenvalue weighted by atomic mass is 10.0. The molecule has 17 nitrogen and oxygen atoms in total. The summed E-state index contributed by atoms with van der Waals surface area (Å²) in [5, 5.41) is 10.6. The van der Waals surface area contributed by atoms with Crippen molar-refractivity contribution < 1.29 is 80.2 Å². The molecule has 0 aliphatic heterocycles. The van der Waals surface area contributed by atoms with Gasteiger partial charge in [-0.3, -0.25) is 37.3 Å². The Morgan fingerprint density at radius 3 is 0.837 bits per heavy atom. The van der Waals surface area contributed by atoms with Gasteiger partial charge < -0.3 is 33.8 Å². The monoisotopic (exact) mass is 1430 g/mol. The highest BCUT2D eigenvalue weighted by Crippen LogP contribution is 2.45. The van der Waals surface area contributed by atoms with E-state index in [0.717, 1.165) is 154 Å². The van der Waals surface area contributed by atoms with Crippen molar-refractivity contribution in [2.75, 3.05) is 39.6 Å². The molecule has 0 aliphatic rings. The van der Waals surface area contributed by atoms with Crippen LogP contribution in [0.4, 0.5) is 0 Å². The van der Waals surface area contributed by atoms with Crippen molar-refractivity contribution in [1.82, 2.24) is 0 Å². The van der Waals surface area contributed by atoms with Crippen LogP contribution in [-0.4, -0.2) is 96.7 Å². The zero-order valence-corrected chi connectivity index (χ0v) is 64.3. The summed E-state index contributed by atoms with van der Waals surface area (Å²) in [6, 6.07) is 0. The number of phosphoric ester groups is 2. The zero-order chi connectivity index (χ0) is 71.8. The summed E-state index contributed by atoms with van der Waals surface area (Å²) in [6.45, 7) is 4.79. The maximum absolute atomic E-state index is 13.1. The largest absolute Gasteiger partial charge is 0.472 e. The Morgan fingerprint density at radius 1 is 0.296 bits per heavy atom. The van der Waals surface area contributed by atoms with Gasteiger partial charge in [-0.05, 0) is 89.9 Å². The summed E-state index contributed by atoms with van der Waals surface area (Å²) in [5.74, 6) is -2.16. The Bertz CT molecular complexity index is 2100. The first kappa shape index (κ1) is 94.8. The average molecular weight is 1430 g/mol. The molecule has 3 N–H and O–H groups in total. The number of esters is 4. The van der Waals surface area contributed by atoms with Crippen molar-refractivity contribution in [1.29, 1.82) is 0 Å². The molecule has 0 rings (SSSR count). The van der Waals surface area contributed by atoms with Crippen LogP contribution in [0.3, 0.4) is 0 Å². The number of aliphatic hydroxyl groups excluding tert-OH is 1. The zero-order valence-electron chi connectivity index (χ0n) is 62.5. The van der Waals surface area contributed by atoms with Gasteiger partial charge in [0.2, 0.25) is 0 Å². The predicted molar refractivity (Wildman–Crippen MR) is 400 cm³/mol. The SMILES string of the molecule is CC/C=C\C/C=C\C/C=C\C/C=C\CCCCCCCCC(=O)OCC(COP(=O)(O)OCC(O)COP(=O)(O)OCC(COC(=O)CCCCCCC/C=C\CCCCCC)OC(=O)CCCCCCCCCCCCCCC)OC(=O)CCCCCCCCCCCCCCC. The second-order valence-electron chi connectivity index (χ2n) is 26.6. The Balaban J connectivity index is 5.30. The minimum atomic E-state index is -4.97. The summed E-state index contributed by atoms with van der Waals surface area (Å²) in [4.78, 5) is 72.9. The minimum absolute atomic E-state index is 0.0978. The van der Waals surface area contributed by atoms with E-state index in [-0.39, 0.29) is 25.7 Å². The molecule has 0 fully saturated rings. The number of unbranched alkanes of at least 4 members (excludes halogenated alkanes) is 39. The van der Waals surface area contributed by atoms with E-state index >= 15 is 0 Å². The summed E-state index contributed by atoms with van der Waals surface area (Å²) in [7, 11) is -9.93. The van der Waals surface area contributed by atoms with Gasteiger partial charge in [0.05, 0.1) is 26.4 Å². The summed E-state index contributed by atoms with van der Waals surface area (Å²) >= 11 is 0. The van der Waals surface area contributed by atoms with Crippen LogP contribution in [0.1, 0.15) is 362 Å². The number of phosphoric acid groups is 2. The average Bonchev–Trinajstić information content (AvgIpc) is 0.966. The predicted octanol–water partition coefficient (Wildman–Crippen LogP) is 22.7. The van der Waals surface area contributed by atoms with Gasteiger partial charge in [0.15, 0.2) is 12.2 Å². The highest BCUT2D eigenvalue weighted by atomic mass is 31.2. The molecule has 0 saturated carbocycles. The van der Waals surface area contributed by atoms with Gasteiger partial charge in [-0.25, -0.2) is 9.13 Å². The standard InChI is InChI=1S/C79H144O17P2/c1-5-9-13-17-21-25-29-33-34-35-36-37-38-42-44-48-52-56-60-64-77(82)90-70-75(96-79(84)66-62-58-54-50-46-41-32-28-24-20-16-12-8-4)72-94-98(87,88)92-68-73(80)67-91-97(85,86)93-71-74(95-78(83)65-61-57-53-49-45-40-31-27-23-19-15-11-7-3)69-89-76(81)63-59-55-51-47-43-39-30-26-22-18-14-10-6-2/h9,13,21,25-26,30,33-34,36-37,73-75,80H,5-8,10-12,14-20,22-24,27-29,31-32,35,38-72H2,1-4H3,(H,85,86)(H,87,88)/b13-9-,25-21-,30-26-,34-33-,37-36-. The number of carbonyl (C=O) groups excluding carboxylic acids is 4. The van der Waals surface area contributed by atoms with E-state index in [2.05, 4.69) is 88.5 Å². The van der Waals surface area contributed by atoms with Crippen LogP contribution in [0.15, 0.2) is 60.8 Å². The van der Waals surface area contributed by atoms with E-state index in [1.165, 1.54) is 128 Å². The number of carbonyl (C=O) groups is 4. The smallest absolute Gasteiger partial charge is 0.462 e. The van der Waals surface area contributed by atoms with E-state index in [0.29, 0.717) is 25.7 Å². The third-order valence-corrected chi connectivity index (χ3v) is 18.9. The molecule has 0 heterocycles. The molecule has 19 heteroatoms. The van der Waals surface area contributed by atoms with E-state index in [1.54, 1.807) is 0 Å². The van der Waals surface area contributed by atoms with Gasteiger partial charge in [-0.2, -0.15) is 0 Å². The number of hydrogen-bond acceptors (Lipinski definition) is 15. The number of rotatable bonds is 75. The molecule has 0 radical (unpaired) electrons. The molecule has 0 aromatic rings. The molecule has 0 aromatic heterocycles. The third-order valence-electron chi connectivity index (χ3n) is 17.0. The fourth-order valence-electron chi connectivity index (χ4n) is 11.0. The van der Waals surface area contributed by atoms with Crippen molar-refractivity contribution in [3.05, 3.63) is 60.8 Å². The molecule has 5 unspecified atom stereocenters. The lowest BCUT2D eigenvalue weighted by Gasteiger charge is -2.21. The topological polar surface area (TPSA) is 237 Å². The fourth-order valence-corrected chi connectivity index (χ4v) is 12.6. The first-order valence-corrected chi connectivity index (χ1v) is 42.5. The van der Waals surface area contributed by atoms with Gasteiger partial charge in [-0.1, -0.05) is 307 Å². The van der Waals surface area contributed by atoms with E-state index in [1.807, 2.05) is 0 Å². The van der Waals surface area contributed by atoms with Gasteiger partial charge in [-0.15, -0.1) is 0 Å². The summed E-state index contributed by atoms with van der Waals surface area (Å²) < 4.78 is 68.5. The second-order valence-corrected chi connectivity index (χ2v) is 29.5. The Hall–Kier alpha value is -3.24. The number of ether oxygens (including phenoxy) is 4. The maximum Gasteiger partial charge on any atom is 0.472 e. The third kappa shape index (κ3) is 71.2. The Kier molecular flexibility index (Phi) is 69.7. The first-order valence-electron chi connectivity index (χ1n) is 39.5. The molecule has 0 aromatic carbocycles. The van der Waals surface area contributed by atoms with Crippen molar-refractivity contribution in [2.24, 2.45) is 0 Å². The Labute approximate surface area is 597 Å². The fraction of sp³-hybridized carbons (Fsp3) is 0.823. The van der Waals surface area contributed by atoms with Crippen molar-refractivity contribution in [3.8, 4) is 0 Å². The van der Waals surface area contributed by atoms with Crippen LogP contribution in [0.2, 0.25) is 0 Å². The van der Waals surface area contributed by atoms with Crippen LogP contribution in [0.25, 0.3) is 0 Å². The number of aliphatic hydroxyl groups is 1. The van der Waals surface area contributed by atoms with E-state index in [9.17, 15) is 43.2 Å². The first-order chi connectivity index (χ1) is 47.7. The van der Waals surface area contributed by atoms with Crippen molar-refractivity contribution in [2.45, 2.75) is 380 Å². The molecule has 5 atom stereocenters. The molecule has 572 valence electrons. The van der Waals surface area contributed by atoms with E-state index < -0.39 is 97.5 Å². The number of allylic oxidation sites excluding steroid dienone is 10. The minimum Gasteiger partial charge on any atom is -0.462 e. The van der Waals surface area contributed by atoms with Crippen LogP contribution in [-0.2, 0) is 65.4 Å². The molecule has 0 amide bonds. The summed E-state index contributed by atoms with van der Waals surface area (Å²) in [5.41, 5.74) is 0. The lowest BCUT2D eigenvalue weighted by Crippen LogP contribution is -2.30. The van der Waals surface area contributed by atoms with Crippen molar-refractivity contribution >= 4 is 39.5 Å². The molecule has 98 heavy (non-hydrogen) atoms. The van der Waals surface area contributed by atoms with Crippen LogP contribution in [0.5, 0.6) is 0 Å². The maximum atomic E-state index is 13.1. The van der Waals surface area contributed by atoms with E-state index in [4.69, 9.17) is 37.0 Å². The van der Waals surface area contributed by atoms with Gasteiger partial charge >= 0.3 is 39.5 Å². The van der Waals surface area contributed by atoms with Crippen molar-refractivity contribution in [3.63, 3.8) is 0 Å². The van der Waals surface area contributed by atoms with Crippen LogP contribution >= 0.6 is 15.6 Å². The highest BCUT2D eigenvalue weighted by Gasteiger charge is 2.30. The molecule has 0 aliphatic carbocycles. The second kappa shape index (κ2) is 72.1. The van der Waals surface area contributed by atoms with Crippen LogP contribution in [0, 0.1) is 0 Å². The molecule has 0 spiro atoms.